The molecular formula is C7H12N2O2. The monoisotopic (exact) mass is 156 g/mol. The van der Waals surface area contributed by atoms with Crippen LogP contribution in [0.3, 0.4) is 0 Å². The van der Waals surface area contributed by atoms with E-state index >= 15 is 0 Å². The van der Waals surface area contributed by atoms with E-state index in [0.717, 1.165) is 32.1 Å². The summed E-state index contributed by atoms with van der Waals surface area (Å²) < 4.78 is 0. The molecule has 0 spiro atoms. The molecule has 1 amide bonds. The largest absolute Gasteiger partial charge is 0.465 e. The van der Waals surface area contributed by atoms with E-state index in [0.29, 0.717) is 5.92 Å². The molecule has 2 aliphatic rings. The summed E-state index contributed by atoms with van der Waals surface area (Å²) in [4.78, 5) is 11.8. The fourth-order valence-corrected chi connectivity index (χ4v) is 1.61. The molecule has 2 heterocycles. The highest BCUT2D eigenvalue weighted by Gasteiger charge is 2.38. The normalized spacial score (nSPS) is 26.0. The molecule has 4 nitrogen and oxygen atoms in total. The van der Waals surface area contributed by atoms with Crippen molar-refractivity contribution >= 4 is 6.09 Å². The molecule has 2 N–H and O–H groups in total. The average molecular weight is 156 g/mol. The van der Waals surface area contributed by atoms with E-state index in [1.807, 2.05) is 0 Å². The Morgan fingerprint density at radius 2 is 2.00 bits per heavy atom. The van der Waals surface area contributed by atoms with Crippen molar-refractivity contribution in [3.8, 4) is 0 Å². The highest BCUT2D eigenvalue weighted by Crippen LogP contribution is 2.26. The Morgan fingerprint density at radius 1 is 1.36 bits per heavy atom. The van der Waals surface area contributed by atoms with Crippen molar-refractivity contribution in [1.82, 2.24) is 10.2 Å². The van der Waals surface area contributed by atoms with Gasteiger partial charge in [-0.25, -0.2) is 4.79 Å². The van der Waals surface area contributed by atoms with Crippen molar-refractivity contribution in [3.05, 3.63) is 0 Å². The Balaban J connectivity index is 1.74. The zero-order chi connectivity index (χ0) is 7.84. The van der Waals surface area contributed by atoms with Gasteiger partial charge in [-0.1, -0.05) is 0 Å². The molecule has 2 fully saturated rings. The predicted octanol–water partition coefficient (Wildman–Crippen LogP) is -0.184. The highest BCUT2D eigenvalue weighted by atomic mass is 16.4. The Labute approximate surface area is 65.2 Å². The van der Waals surface area contributed by atoms with Crippen LogP contribution in [0.25, 0.3) is 0 Å². The Kier molecular flexibility index (Phi) is 1.49. The standard InChI is InChI=1S/C7H12N2O2/c10-7(11)9-3-6(4-9)5-1-8-2-5/h5-6,8H,1-4H2,(H,10,11). The molecule has 0 atom stereocenters. The van der Waals surface area contributed by atoms with Crippen molar-refractivity contribution in [2.24, 2.45) is 11.8 Å². The summed E-state index contributed by atoms with van der Waals surface area (Å²) in [5.41, 5.74) is 0. The van der Waals surface area contributed by atoms with Gasteiger partial charge in [0.2, 0.25) is 0 Å². The summed E-state index contributed by atoms with van der Waals surface area (Å²) in [6, 6.07) is 0. The lowest BCUT2D eigenvalue weighted by Gasteiger charge is -2.45. The Bertz CT molecular complexity index is 173. The second-order valence-electron chi connectivity index (χ2n) is 3.37. The number of amides is 1. The summed E-state index contributed by atoms with van der Waals surface area (Å²) in [5, 5.41) is 11.7. The summed E-state index contributed by atoms with van der Waals surface area (Å²) in [5.74, 6) is 1.37. The van der Waals surface area contributed by atoms with Gasteiger partial charge in [-0.15, -0.1) is 0 Å². The fraction of sp³-hybridized carbons (Fsp3) is 0.857. The summed E-state index contributed by atoms with van der Waals surface area (Å²) in [6.45, 7) is 3.67. The Morgan fingerprint density at radius 3 is 2.36 bits per heavy atom. The molecule has 2 saturated heterocycles. The van der Waals surface area contributed by atoms with Crippen molar-refractivity contribution in [2.75, 3.05) is 26.2 Å². The average Bonchev–Trinajstić information content (AvgIpc) is 1.70. The molecular weight excluding hydrogens is 144 g/mol. The number of nitrogens with zero attached hydrogens (tertiary/aromatic N) is 1. The third-order valence-electron chi connectivity index (χ3n) is 2.66. The molecule has 0 aromatic carbocycles. The van der Waals surface area contributed by atoms with Gasteiger partial charge in [-0.05, 0) is 24.9 Å². The number of hydrogen-bond donors (Lipinski definition) is 2. The molecule has 0 aromatic heterocycles. The summed E-state index contributed by atoms with van der Waals surface area (Å²) >= 11 is 0. The molecule has 2 rings (SSSR count). The maximum absolute atomic E-state index is 10.4. The maximum atomic E-state index is 10.4. The van der Waals surface area contributed by atoms with Crippen LogP contribution >= 0.6 is 0 Å². The zero-order valence-electron chi connectivity index (χ0n) is 6.29. The minimum Gasteiger partial charge on any atom is -0.465 e. The van der Waals surface area contributed by atoms with Gasteiger partial charge in [-0.3, -0.25) is 0 Å². The number of carbonyl (C=O) groups is 1. The second kappa shape index (κ2) is 2.37. The van der Waals surface area contributed by atoms with E-state index in [9.17, 15) is 4.79 Å². The van der Waals surface area contributed by atoms with E-state index in [2.05, 4.69) is 5.32 Å². The van der Waals surface area contributed by atoms with E-state index in [1.54, 1.807) is 0 Å². The highest BCUT2D eigenvalue weighted by molar-refractivity contribution is 5.66. The topological polar surface area (TPSA) is 52.6 Å². The van der Waals surface area contributed by atoms with Crippen LogP contribution in [-0.2, 0) is 0 Å². The van der Waals surface area contributed by atoms with E-state index in [4.69, 9.17) is 5.11 Å². The van der Waals surface area contributed by atoms with E-state index in [1.165, 1.54) is 4.90 Å². The third kappa shape index (κ3) is 1.07. The van der Waals surface area contributed by atoms with Crippen LogP contribution in [0.4, 0.5) is 4.79 Å². The van der Waals surface area contributed by atoms with Crippen molar-refractivity contribution in [2.45, 2.75) is 0 Å². The fourth-order valence-electron chi connectivity index (χ4n) is 1.61. The van der Waals surface area contributed by atoms with Crippen molar-refractivity contribution in [3.63, 3.8) is 0 Å². The molecule has 4 heteroatoms. The maximum Gasteiger partial charge on any atom is 0.407 e. The minimum atomic E-state index is -0.770. The van der Waals surface area contributed by atoms with Crippen LogP contribution < -0.4 is 5.32 Å². The number of nitrogens with one attached hydrogen (secondary N) is 1. The molecule has 62 valence electrons. The molecule has 0 aliphatic carbocycles. The van der Waals surface area contributed by atoms with Crippen LogP contribution in [0, 0.1) is 11.8 Å². The first-order valence-corrected chi connectivity index (χ1v) is 3.96. The third-order valence-corrected chi connectivity index (χ3v) is 2.66. The minimum absolute atomic E-state index is 0.632. The van der Waals surface area contributed by atoms with Crippen LogP contribution in [0.5, 0.6) is 0 Å². The number of carboxylic acid groups (broad SMARTS) is 1. The predicted molar refractivity (Wildman–Crippen MR) is 39.4 cm³/mol. The van der Waals surface area contributed by atoms with Crippen molar-refractivity contribution < 1.29 is 9.90 Å². The quantitative estimate of drug-likeness (QED) is 0.553. The second-order valence-corrected chi connectivity index (χ2v) is 3.37. The zero-order valence-corrected chi connectivity index (χ0v) is 6.29. The van der Waals surface area contributed by atoms with Gasteiger partial charge in [0.25, 0.3) is 0 Å². The molecule has 0 saturated carbocycles. The molecule has 11 heavy (non-hydrogen) atoms. The van der Waals surface area contributed by atoms with Crippen molar-refractivity contribution in [1.29, 1.82) is 0 Å². The van der Waals surface area contributed by atoms with Crippen LogP contribution in [0.1, 0.15) is 0 Å². The first kappa shape index (κ1) is 6.91. The lowest BCUT2D eigenvalue weighted by molar-refractivity contribution is 0.0396. The molecule has 0 bridgehead atoms. The van der Waals surface area contributed by atoms with E-state index in [-0.39, 0.29) is 0 Å². The van der Waals surface area contributed by atoms with Gasteiger partial charge in [0, 0.05) is 13.1 Å². The van der Waals surface area contributed by atoms with Gasteiger partial charge in [-0.2, -0.15) is 0 Å². The van der Waals surface area contributed by atoms with Crippen LogP contribution in [-0.4, -0.2) is 42.3 Å². The molecule has 0 aromatic rings. The van der Waals surface area contributed by atoms with Gasteiger partial charge in [0.1, 0.15) is 0 Å². The molecule has 0 radical (unpaired) electrons. The lowest BCUT2D eigenvalue weighted by atomic mass is 9.82. The number of likely N-dealkylation sites (tertiary alicyclic amines) is 1. The SMILES string of the molecule is O=C(O)N1CC(C2CNC2)C1. The first-order valence-electron chi connectivity index (χ1n) is 3.96. The summed E-state index contributed by atoms with van der Waals surface area (Å²) in [6.07, 6.45) is -0.770. The van der Waals surface area contributed by atoms with E-state index < -0.39 is 6.09 Å². The first-order chi connectivity index (χ1) is 5.27. The van der Waals surface area contributed by atoms with Gasteiger partial charge in [0.15, 0.2) is 0 Å². The lowest BCUT2D eigenvalue weighted by Crippen LogP contribution is -2.59. The summed E-state index contributed by atoms with van der Waals surface area (Å²) in [7, 11) is 0. The van der Waals surface area contributed by atoms with Gasteiger partial charge in [0.05, 0.1) is 0 Å². The molecule has 2 aliphatic heterocycles. The number of rotatable bonds is 1. The van der Waals surface area contributed by atoms with Crippen LogP contribution in [0.15, 0.2) is 0 Å². The smallest absolute Gasteiger partial charge is 0.407 e. The number of hydrogen-bond acceptors (Lipinski definition) is 2. The van der Waals surface area contributed by atoms with Gasteiger partial charge < -0.3 is 15.3 Å². The van der Waals surface area contributed by atoms with Crippen LogP contribution in [0.2, 0.25) is 0 Å². The Hall–Kier alpha value is -0.770. The van der Waals surface area contributed by atoms with Gasteiger partial charge >= 0.3 is 6.09 Å². The molecule has 0 unspecified atom stereocenters.